The lowest BCUT2D eigenvalue weighted by molar-refractivity contribution is 0.0532. The summed E-state index contributed by atoms with van der Waals surface area (Å²) in [6, 6.07) is 10.4. The van der Waals surface area contributed by atoms with Crippen LogP contribution in [0.3, 0.4) is 0 Å². The number of hydrogen-bond donors (Lipinski definition) is 1. The van der Waals surface area contributed by atoms with Gasteiger partial charge in [-0.1, -0.05) is 37.3 Å². The minimum absolute atomic E-state index is 0.0311. The van der Waals surface area contributed by atoms with Crippen LogP contribution in [-0.2, 0) is 4.74 Å². The lowest BCUT2D eigenvalue weighted by atomic mass is 9.98. The fraction of sp³-hybridized carbons (Fsp3) is 0.533. The van der Waals surface area contributed by atoms with E-state index in [1.54, 1.807) is 0 Å². The average molecular weight is 262 g/mol. The maximum absolute atomic E-state index is 11.9. The van der Waals surface area contributed by atoms with Crippen LogP contribution in [0.25, 0.3) is 0 Å². The first kappa shape index (κ1) is 13.9. The highest BCUT2D eigenvalue weighted by Crippen LogP contribution is 2.17. The standard InChI is InChI=1S/C15H22N2O2/c1-13(14-5-3-2-4-6-14)7-8-16-15(18)17-9-11-19-12-10-17/h2-6,13H,7-12H2,1H3,(H,16,18). The first-order valence-corrected chi connectivity index (χ1v) is 6.93. The molecule has 0 bridgehead atoms. The van der Waals surface area contributed by atoms with Crippen LogP contribution < -0.4 is 5.32 Å². The second-order valence-electron chi connectivity index (χ2n) is 4.93. The van der Waals surface area contributed by atoms with E-state index in [0.29, 0.717) is 38.8 Å². The van der Waals surface area contributed by atoms with Gasteiger partial charge in [0.05, 0.1) is 13.2 Å². The lowest BCUT2D eigenvalue weighted by Gasteiger charge is -2.27. The molecule has 0 saturated carbocycles. The zero-order chi connectivity index (χ0) is 13.5. The third-order valence-corrected chi connectivity index (χ3v) is 3.52. The van der Waals surface area contributed by atoms with Crippen LogP contribution in [-0.4, -0.2) is 43.8 Å². The van der Waals surface area contributed by atoms with Gasteiger partial charge in [0.25, 0.3) is 0 Å². The monoisotopic (exact) mass is 262 g/mol. The van der Waals surface area contributed by atoms with Crippen molar-refractivity contribution in [3.8, 4) is 0 Å². The zero-order valence-corrected chi connectivity index (χ0v) is 11.5. The molecule has 0 spiro atoms. The van der Waals surface area contributed by atoms with Gasteiger partial charge in [-0.2, -0.15) is 0 Å². The Hall–Kier alpha value is -1.55. The third-order valence-electron chi connectivity index (χ3n) is 3.52. The summed E-state index contributed by atoms with van der Waals surface area (Å²) in [5, 5.41) is 2.98. The van der Waals surface area contributed by atoms with Gasteiger partial charge < -0.3 is 15.0 Å². The van der Waals surface area contributed by atoms with Crippen LogP contribution in [0.4, 0.5) is 4.79 Å². The summed E-state index contributed by atoms with van der Waals surface area (Å²) in [5.74, 6) is 0.464. The largest absolute Gasteiger partial charge is 0.378 e. The molecular weight excluding hydrogens is 240 g/mol. The highest BCUT2D eigenvalue weighted by atomic mass is 16.5. The molecule has 2 amide bonds. The summed E-state index contributed by atoms with van der Waals surface area (Å²) < 4.78 is 5.23. The van der Waals surface area contributed by atoms with E-state index in [9.17, 15) is 4.79 Å². The van der Waals surface area contributed by atoms with Crippen molar-refractivity contribution in [1.29, 1.82) is 0 Å². The van der Waals surface area contributed by atoms with Gasteiger partial charge in [-0.05, 0) is 17.9 Å². The molecule has 2 rings (SSSR count). The average Bonchev–Trinajstić information content (AvgIpc) is 2.49. The van der Waals surface area contributed by atoms with E-state index in [2.05, 4.69) is 36.5 Å². The Kier molecular flexibility index (Phi) is 5.21. The van der Waals surface area contributed by atoms with Crippen LogP contribution in [0, 0.1) is 0 Å². The lowest BCUT2D eigenvalue weighted by Crippen LogP contribution is -2.46. The van der Waals surface area contributed by atoms with Crippen LogP contribution in [0.5, 0.6) is 0 Å². The van der Waals surface area contributed by atoms with Gasteiger partial charge in [0.15, 0.2) is 0 Å². The van der Waals surface area contributed by atoms with Gasteiger partial charge in [-0.25, -0.2) is 4.79 Å². The number of nitrogens with zero attached hydrogens (tertiary/aromatic N) is 1. The van der Waals surface area contributed by atoms with Gasteiger partial charge in [-0.3, -0.25) is 0 Å². The molecule has 1 unspecified atom stereocenters. The van der Waals surface area contributed by atoms with Crippen LogP contribution in [0.15, 0.2) is 30.3 Å². The molecule has 1 atom stereocenters. The molecule has 1 saturated heterocycles. The first-order chi connectivity index (χ1) is 9.27. The Labute approximate surface area is 114 Å². The summed E-state index contributed by atoms with van der Waals surface area (Å²) in [4.78, 5) is 13.7. The number of carbonyl (C=O) groups is 1. The number of nitrogens with one attached hydrogen (secondary N) is 1. The molecule has 0 radical (unpaired) electrons. The van der Waals surface area contributed by atoms with Crippen LogP contribution in [0.1, 0.15) is 24.8 Å². The molecule has 1 aromatic carbocycles. The van der Waals surface area contributed by atoms with Crippen molar-refractivity contribution in [2.24, 2.45) is 0 Å². The number of carbonyl (C=O) groups excluding carboxylic acids is 1. The van der Waals surface area contributed by atoms with Gasteiger partial charge in [0.2, 0.25) is 0 Å². The summed E-state index contributed by atoms with van der Waals surface area (Å²) >= 11 is 0. The highest BCUT2D eigenvalue weighted by molar-refractivity contribution is 5.74. The molecular formula is C15H22N2O2. The number of urea groups is 1. The Balaban J connectivity index is 1.69. The van der Waals surface area contributed by atoms with Crippen molar-refractivity contribution in [1.82, 2.24) is 10.2 Å². The van der Waals surface area contributed by atoms with Crippen molar-refractivity contribution in [2.75, 3.05) is 32.8 Å². The number of rotatable bonds is 4. The Morgan fingerprint density at radius 1 is 1.32 bits per heavy atom. The van der Waals surface area contributed by atoms with Crippen molar-refractivity contribution >= 4 is 6.03 Å². The van der Waals surface area contributed by atoms with Gasteiger partial charge in [-0.15, -0.1) is 0 Å². The van der Waals surface area contributed by atoms with Crippen LogP contribution in [0.2, 0.25) is 0 Å². The van der Waals surface area contributed by atoms with E-state index < -0.39 is 0 Å². The third kappa shape index (κ3) is 4.24. The number of amides is 2. The highest BCUT2D eigenvalue weighted by Gasteiger charge is 2.16. The quantitative estimate of drug-likeness (QED) is 0.904. The molecule has 1 aliphatic rings. The second kappa shape index (κ2) is 7.14. The number of benzene rings is 1. The van der Waals surface area contributed by atoms with Gasteiger partial charge in [0.1, 0.15) is 0 Å². The molecule has 1 N–H and O–H groups in total. The van der Waals surface area contributed by atoms with Crippen molar-refractivity contribution in [3.63, 3.8) is 0 Å². The predicted octanol–water partition coefficient (Wildman–Crippen LogP) is 2.22. The van der Waals surface area contributed by atoms with E-state index in [-0.39, 0.29) is 6.03 Å². The Morgan fingerprint density at radius 2 is 2.00 bits per heavy atom. The smallest absolute Gasteiger partial charge is 0.317 e. The predicted molar refractivity (Wildman–Crippen MR) is 75.3 cm³/mol. The molecule has 1 aromatic rings. The van der Waals surface area contributed by atoms with Crippen molar-refractivity contribution < 1.29 is 9.53 Å². The van der Waals surface area contributed by atoms with E-state index >= 15 is 0 Å². The van der Waals surface area contributed by atoms with Gasteiger partial charge >= 0.3 is 6.03 Å². The minimum atomic E-state index is 0.0311. The summed E-state index contributed by atoms with van der Waals surface area (Å²) in [5.41, 5.74) is 1.32. The molecule has 0 aromatic heterocycles. The van der Waals surface area contributed by atoms with E-state index in [1.807, 2.05) is 11.0 Å². The first-order valence-electron chi connectivity index (χ1n) is 6.93. The molecule has 1 heterocycles. The number of ether oxygens (including phenoxy) is 1. The van der Waals surface area contributed by atoms with Gasteiger partial charge in [0, 0.05) is 19.6 Å². The summed E-state index contributed by atoms with van der Waals surface area (Å²) in [6.45, 7) is 5.59. The van der Waals surface area contributed by atoms with Crippen LogP contribution >= 0.6 is 0 Å². The molecule has 19 heavy (non-hydrogen) atoms. The van der Waals surface area contributed by atoms with E-state index in [4.69, 9.17) is 4.74 Å². The Morgan fingerprint density at radius 3 is 2.68 bits per heavy atom. The normalized spacial score (nSPS) is 17.0. The fourth-order valence-corrected chi connectivity index (χ4v) is 2.22. The summed E-state index contributed by atoms with van der Waals surface area (Å²) in [6.07, 6.45) is 0.958. The fourth-order valence-electron chi connectivity index (χ4n) is 2.22. The zero-order valence-electron chi connectivity index (χ0n) is 11.5. The van der Waals surface area contributed by atoms with E-state index in [0.717, 1.165) is 6.42 Å². The summed E-state index contributed by atoms with van der Waals surface area (Å²) in [7, 11) is 0. The van der Waals surface area contributed by atoms with Crippen molar-refractivity contribution in [2.45, 2.75) is 19.3 Å². The number of hydrogen-bond acceptors (Lipinski definition) is 2. The molecule has 1 aliphatic heterocycles. The maximum Gasteiger partial charge on any atom is 0.317 e. The van der Waals surface area contributed by atoms with E-state index in [1.165, 1.54) is 5.56 Å². The SMILES string of the molecule is CC(CCNC(=O)N1CCOCC1)c1ccccc1. The number of morpholine rings is 1. The molecule has 0 aliphatic carbocycles. The second-order valence-corrected chi connectivity index (χ2v) is 4.93. The molecule has 4 nitrogen and oxygen atoms in total. The van der Waals surface area contributed by atoms with Crippen molar-refractivity contribution in [3.05, 3.63) is 35.9 Å². The maximum atomic E-state index is 11.9. The molecule has 104 valence electrons. The molecule has 1 fully saturated rings. The topological polar surface area (TPSA) is 41.6 Å². The minimum Gasteiger partial charge on any atom is -0.378 e. The molecule has 4 heteroatoms. The Bertz CT molecular complexity index is 388.